The first-order valence-electron chi connectivity index (χ1n) is 5.73. The van der Waals surface area contributed by atoms with Gasteiger partial charge >= 0.3 is 0 Å². The largest absolute Gasteiger partial charge is 0.398 e. The highest BCUT2D eigenvalue weighted by Crippen LogP contribution is 2.20. The second-order valence-corrected chi connectivity index (χ2v) is 6.27. The van der Waals surface area contributed by atoms with E-state index in [1.807, 2.05) is 6.07 Å². The quantitative estimate of drug-likeness (QED) is 0.683. The van der Waals surface area contributed by atoms with Gasteiger partial charge in [0.25, 0.3) is 0 Å². The lowest BCUT2D eigenvalue weighted by Gasteiger charge is -2.21. The molecule has 1 aromatic carbocycles. The van der Waals surface area contributed by atoms with Crippen molar-refractivity contribution in [1.82, 2.24) is 4.72 Å². The molecule has 1 rings (SSSR count). The van der Waals surface area contributed by atoms with E-state index in [0.29, 0.717) is 6.42 Å². The van der Waals surface area contributed by atoms with E-state index in [0.717, 1.165) is 0 Å². The van der Waals surface area contributed by atoms with Crippen LogP contribution in [0.15, 0.2) is 23.1 Å². The highest BCUT2D eigenvalue weighted by molar-refractivity contribution is 7.89. The number of nitrogens with zero attached hydrogens (tertiary/aromatic N) is 1. The fourth-order valence-corrected chi connectivity index (χ4v) is 2.59. The van der Waals surface area contributed by atoms with Gasteiger partial charge < -0.3 is 10.8 Å². The summed E-state index contributed by atoms with van der Waals surface area (Å²) in [5.74, 6) is 0. The van der Waals surface area contributed by atoms with E-state index in [1.165, 1.54) is 25.1 Å². The third-order valence-corrected chi connectivity index (χ3v) is 4.31. The first-order chi connectivity index (χ1) is 8.72. The van der Waals surface area contributed by atoms with Gasteiger partial charge in [-0.05, 0) is 31.5 Å². The van der Waals surface area contributed by atoms with E-state index in [1.54, 1.807) is 6.92 Å². The molecule has 0 amide bonds. The maximum absolute atomic E-state index is 12.0. The van der Waals surface area contributed by atoms with Gasteiger partial charge in [0.2, 0.25) is 10.0 Å². The van der Waals surface area contributed by atoms with Crippen molar-refractivity contribution < 1.29 is 13.5 Å². The molecule has 0 heterocycles. The highest BCUT2D eigenvalue weighted by Gasteiger charge is 2.23. The summed E-state index contributed by atoms with van der Waals surface area (Å²) in [7, 11) is -3.80. The Morgan fingerprint density at radius 1 is 1.53 bits per heavy atom. The molecule has 0 aliphatic rings. The number of nitrogen functional groups attached to an aromatic ring is 1. The number of hydrogen-bond donors (Lipinski definition) is 3. The SMILES string of the molecule is CCC(C)(O)CNS(=O)(=O)c1ccc(C#N)cc1N. The van der Waals surface area contributed by atoms with Crippen LogP contribution in [0.2, 0.25) is 0 Å². The molecule has 1 atom stereocenters. The zero-order valence-electron chi connectivity index (χ0n) is 10.8. The van der Waals surface area contributed by atoms with E-state index < -0.39 is 15.6 Å². The first-order valence-corrected chi connectivity index (χ1v) is 7.22. The molecule has 0 saturated heterocycles. The molecule has 0 bridgehead atoms. The van der Waals surface area contributed by atoms with Crippen LogP contribution in [0.1, 0.15) is 25.8 Å². The maximum atomic E-state index is 12.0. The predicted octanol–water partition coefficient (Wildman–Crippen LogP) is 0.580. The number of hydrogen-bond acceptors (Lipinski definition) is 5. The summed E-state index contributed by atoms with van der Waals surface area (Å²) in [5.41, 5.74) is 4.80. The first kappa shape index (κ1) is 15.4. The minimum atomic E-state index is -3.80. The van der Waals surface area contributed by atoms with Crippen LogP contribution in [0.5, 0.6) is 0 Å². The Bertz CT molecular complexity index is 603. The number of rotatable bonds is 5. The van der Waals surface area contributed by atoms with Crippen LogP contribution < -0.4 is 10.5 Å². The Labute approximate surface area is 112 Å². The lowest BCUT2D eigenvalue weighted by atomic mass is 10.1. The Hall–Kier alpha value is -1.62. The molecular weight excluding hydrogens is 266 g/mol. The second kappa shape index (κ2) is 5.57. The second-order valence-electron chi connectivity index (χ2n) is 4.54. The van der Waals surface area contributed by atoms with Crippen molar-refractivity contribution in [2.24, 2.45) is 0 Å². The smallest absolute Gasteiger partial charge is 0.242 e. The van der Waals surface area contributed by atoms with Crippen LogP contribution in [0.3, 0.4) is 0 Å². The van der Waals surface area contributed by atoms with Crippen LogP contribution in [0, 0.1) is 11.3 Å². The fraction of sp³-hybridized carbons (Fsp3) is 0.417. The van der Waals surface area contributed by atoms with Gasteiger partial charge in [0.15, 0.2) is 0 Å². The number of anilines is 1. The molecule has 0 saturated carbocycles. The van der Waals surface area contributed by atoms with Gasteiger partial charge in [0.1, 0.15) is 4.90 Å². The van der Waals surface area contributed by atoms with Crippen molar-refractivity contribution >= 4 is 15.7 Å². The van der Waals surface area contributed by atoms with Gasteiger partial charge in [-0.25, -0.2) is 13.1 Å². The molecule has 104 valence electrons. The normalized spacial score (nSPS) is 14.6. The Morgan fingerprint density at radius 3 is 2.63 bits per heavy atom. The van der Waals surface area contributed by atoms with Crippen molar-refractivity contribution in [3.63, 3.8) is 0 Å². The molecule has 19 heavy (non-hydrogen) atoms. The van der Waals surface area contributed by atoms with Crippen molar-refractivity contribution in [3.8, 4) is 6.07 Å². The van der Waals surface area contributed by atoms with E-state index in [9.17, 15) is 13.5 Å². The Kier molecular flexibility index (Phi) is 4.52. The van der Waals surface area contributed by atoms with Crippen molar-refractivity contribution in [2.75, 3.05) is 12.3 Å². The molecule has 0 radical (unpaired) electrons. The molecule has 1 unspecified atom stereocenters. The number of aliphatic hydroxyl groups is 1. The van der Waals surface area contributed by atoms with Crippen LogP contribution in [-0.2, 0) is 10.0 Å². The van der Waals surface area contributed by atoms with E-state index in [2.05, 4.69) is 4.72 Å². The third-order valence-electron chi connectivity index (χ3n) is 2.83. The third kappa shape index (κ3) is 3.92. The Balaban J connectivity index is 2.99. The summed E-state index contributed by atoms with van der Waals surface area (Å²) < 4.78 is 26.4. The zero-order chi connectivity index (χ0) is 14.7. The molecule has 6 nitrogen and oxygen atoms in total. The summed E-state index contributed by atoms with van der Waals surface area (Å²) >= 11 is 0. The number of nitrogens with two attached hydrogens (primary N) is 1. The molecule has 0 fully saturated rings. The van der Waals surface area contributed by atoms with Gasteiger partial charge in [-0.1, -0.05) is 6.92 Å². The van der Waals surface area contributed by atoms with Gasteiger partial charge in [-0.3, -0.25) is 0 Å². The van der Waals surface area contributed by atoms with Crippen LogP contribution in [0.25, 0.3) is 0 Å². The van der Waals surface area contributed by atoms with Crippen LogP contribution in [-0.4, -0.2) is 25.7 Å². The molecular formula is C12H17N3O3S. The maximum Gasteiger partial charge on any atom is 0.242 e. The fourth-order valence-electron chi connectivity index (χ4n) is 1.32. The lowest BCUT2D eigenvalue weighted by molar-refractivity contribution is 0.0613. The number of benzene rings is 1. The predicted molar refractivity (Wildman–Crippen MR) is 71.7 cm³/mol. The minimum Gasteiger partial charge on any atom is -0.398 e. The van der Waals surface area contributed by atoms with E-state index in [-0.39, 0.29) is 22.7 Å². The molecule has 0 spiro atoms. The lowest BCUT2D eigenvalue weighted by Crippen LogP contribution is -2.40. The summed E-state index contributed by atoms with van der Waals surface area (Å²) in [4.78, 5) is -0.0987. The van der Waals surface area contributed by atoms with Crippen LogP contribution >= 0.6 is 0 Å². The van der Waals surface area contributed by atoms with Gasteiger partial charge in [0, 0.05) is 6.54 Å². The summed E-state index contributed by atoms with van der Waals surface area (Å²) in [5, 5.41) is 18.5. The molecule has 1 aromatic rings. The zero-order valence-corrected chi connectivity index (χ0v) is 11.7. The van der Waals surface area contributed by atoms with Crippen LogP contribution in [0.4, 0.5) is 5.69 Å². The average Bonchev–Trinajstić information content (AvgIpc) is 2.36. The van der Waals surface area contributed by atoms with Crippen molar-refractivity contribution in [3.05, 3.63) is 23.8 Å². The molecule has 4 N–H and O–H groups in total. The summed E-state index contributed by atoms with van der Waals surface area (Å²) in [6.07, 6.45) is 0.415. The molecule has 0 aliphatic heterocycles. The minimum absolute atomic E-state index is 0.00249. The van der Waals surface area contributed by atoms with Gasteiger partial charge in [-0.15, -0.1) is 0 Å². The highest BCUT2D eigenvalue weighted by atomic mass is 32.2. The standard InChI is InChI=1S/C12H17N3O3S/c1-3-12(2,16)8-15-19(17,18)11-5-4-9(7-13)6-10(11)14/h4-6,15-16H,3,8,14H2,1-2H3. The van der Waals surface area contributed by atoms with Crippen molar-refractivity contribution in [2.45, 2.75) is 30.8 Å². The molecule has 0 aromatic heterocycles. The number of sulfonamides is 1. The number of nitrogens with one attached hydrogen (secondary N) is 1. The summed E-state index contributed by atoms with van der Waals surface area (Å²) in [6, 6.07) is 5.83. The van der Waals surface area contributed by atoms with E-state index in [4.69, 9.17) is 11.0 Å². The Morgan fingerprint density at radius 2 is 2.16 bits per heavy atom. The molecule has 7 heteroatoms. The monoisotopic (exact) mass is 283 g/mol. The van der Waals surface area contributed by atoms with E-state index >= 15 is 0 Å². The van der Waals surface area contributed by atoms with Gasteiger partial charge in [-0.2, -0.15) is 5.26 Å². The van der Waals surface area contributed by atoms with Gasteiger partial charge in [0.05, 0.1) is 22.9 Å². The summed E-state index contributed by atoms with van der Waals surface area (Å²) in [6.45, 7) is 3.19. The topological polar surface area (TPSA) is 116 Å². The number of nitriles is 1. The molecule has 0 aliphatic carbocycles. The van der Waals surface area contributed by atoms with Crippen molar-refractivity contribution in [1.29, 1.82) is 5.26 Å². The average molecular weight is 283 g/mol.